The molecule has 1 heterocycles. The molecule has 1 aromatic rings. The summed E-state index contributed by atoms with van der Waals surface area (Å²) < 4.78 is 39.0. The predicted molar refractivity (Wildman–Crippen MR) is 76.9 cm³/mol. The van der Waals surface area contributed by atoms with Gasteiger partial charge in [-0.2, -0.15) is 13.2 Å². The van der Waals surface area contributed by atoms with Gasteiger partial charge in [0.2, 0.25) is 0 Å². The average Bonchev–Trinajstić information content (AvgIpc) is 2.45. The number of hydrogen-bond acceptors (Lipinski definition) is 2. The van der Waals surface area contributed by atoms with Crippen LogP contribution in [0, 0.1) is 18.8 Å². The van der Waals surface area contributed by atoms with Crippen LogP contribution in [-0.2, 0) is 0 Å². The van der Waals surface area contributed by atoms with Gasteiger partial charge in [0.15, 0.2) is 0 Å². The van der Waals surface area contributed by atoms with E-state index in [1.807, 2.05) is 19.9 Å². The zero-order valence-electron chi connectivity index (χ0n) is 12.6. The van der Waals surface area contributed by atoms with E-state index in [1.165, 1.54) is 0 Å². The molecule has 3 unspecified atom stereocenters. The molecule has 0 aliphatic heterocycles. The molecule has 21 heavy (non-hydrogen) atoms. The molecule has 1 aliphatic carbocycles. The number of pyridine rings is 1. The fourth-order valence-electron chi connectivity index (χ4n) is 3.38. The van der Waals surface area contributed by atoms with Gasteiger partial charge in [-0.1, -0.05) is 13.3 Å². The molecule has 1 saturated carbocycles. The summed E-state index contributed by atoms with van der Waals surface area (Å²) in [5.41, 5.74) is 2.12. The van der Waals surface area contributed by atoms with Crippen LogP contribution in [0.1, 0.15) is 49.8 Å². The molecular formula is C16H23F3N2. The highest BCUT2D eigenvalue weighted by Crippen LogP contribution is 2.44. The number of nitrogens with zero attached hydrogens (tertiary/aromatic N) is 1. The molecule has 118 valence electrons. The molecule has 1 fully saturated rings. The Kier molecular flexibility index (Phi) is 5.25. The van der Waals surface area contributed by atoms with Crippen molar-refractivity contribution in [2.45, 2.75) is 51.7 Å². The monoisotopic (exact) mass is 300 g/mol. The van der Waals surface area contributed by atoms with Gasteiger partial charge in [0, 0.05) is 18.4 Å². The Morgan fingerprint density at radius 2 is 2.14 bits per heavy atom. The maximum Gasteiger partial charge on any atom is 0.391 e. The molecule has 5 heteroatoms. The van der Waals surface area contributed by atoms with Crippen LogP contribution in [-0.4, -0.2) is 17.7 Å². The second-order valence-corrected chi connectivity index (χ2v) is 5.93. The first-order valence-electron chi connectivity index (χ1n) is 7.64. The van der Waals surface area contributed by atoms with Crippen molar-refractivity contribution in [1.82, 2.24) is 10.3 Å². The Morgan fingerprint density at radius 3 is 2.76 bits per heavy atom. The second kappa shape index (κ2) is 6.77. The van der Waals surface area contributed by atoms with Crippen LogP contribution >= 0.6 is 0 Å². The van der Waals surface area contributed by atoms with Crippen LogP contribution < -0.4 is 5.32 Å². The summed E-state index contributed by atoms with van der Waals surface area (Å²) in [6.45, 7) is 4.72. The van der Waals surface area contributed by atoms with Crippen LogP contribution in [0.4, 0.5) is 13.2 Å². The summed E-state index contributed by atoms with van der Waals surface area (Å²) in [7, 11) is 0. The molecule has 3 atom stereocenters. The van der Waals surface area contributed by atoms with Crippen molar-refractivity contribution in [2.24, 2.45) is 11.8 Å². The van der Waals surface area contributed by atoms with Gasteiger partial charge >= 0.3 is 6.18 Å². The van der Waals surface area contributed by atoms with Crippen LogP contribution in [0.3, 0.4) is 0 Å². The van der Waals surface area contributed by atoms with Gasteiger partial charge in [-0.05, 0) is 55.8 Å². The zero-order chi connectivity index (χ0) is 15.5. The Bertz CT molecular complexity index is 459. The van der Waals surface area contributed by atoms with Crippen molar-refractivity contribution in [3.8, 4) is 0 Å². The minimum absolute atomic E-state index is 0.0215. The largest absolute Gasteiger partial charge is 0.391 e. The molecule has 0 aromatic carbocycles. The van der Waals surface area contributed by atoms with Crippen LogP contribution in [0.15, 0.2) is 18.5 Å². The van der Waals surface area contributed by atoms with Gasteiger partial charge in [0.1, 0.15) is 0 Å². The van der Waals surface area contributed by atoms with Gasteiger partial charge in [-0.3, -0.25) is 4.98 Å². The Labute approximate surface area is 124 Å². The zero-order valence-corrected chi connectivity index (χ0v) is 12.6. The van der Waals surface area contributed by atoms with Crippen molar-refractivity contribution in [3.05, 3.63) is 29.6 Å². The Balaban J connectivity index is 2.20. The fourth-order valence-corrected chi connectivity index (χ4v) is 3.38. The number of aromatic nitrogens is 1. The van der Waals surface area contributed by atoms with Gasteiger partial charge in [-0.15, -0.1) is 0 Å². The number of alkyl halides is 3. The fraction of sp³-hybridized carbons (Fsp3) is 0.688. The van der Waals surface area contributed by atoms with E-state index in [0.717, 1.165) is 24.1 Å². The molecule has 1 N–H and O–H groups in total. The predicted octanol–water partition coefficient (Wildman–Crippen LogP) is 4.41. The smallest absolute Gasteiger partial charge is 0.310 e. The summed E-state index contributed by atoms with van der Waals surface area (Å²) in [5.74, 6) is -1.14. The molecule has 2 nitrogen and oxygen atoms in total. The number of nitrogens with one attached hydrogen (secondary N) is 1. The molecule has 1 aromatic heterocycles. The molecular weight excluding hydrogens is 277 g/mol. The first-order chi connectivity index (χ1) is 9.93. The summed E-state index contributed by atoms with van der Waals surface area (Å²) in [5, 5.41) is 3.37. The van der Waals surface area contributed by atoms with E-state index in [1.54, 1.807) is 12.4 Å². The lowest BCUT2D eigenvalue weighted by Crippen LogP contribution is -2.36. The van der Waals surface area contributed by atoms with Crippen molar-refractivity contribution < 1.29 is 13.2 Å². The van der Waals surface area contributed by atoms with E-state index < -0.39 is 12.1 Å². The minimum Gasteiger partial charge on any atom is -0.310 e. The quantitative estimate of drug-likeness (QED) is 0.891. The summed E-state index contributed by atoms with van der Waals surface area (Å²) in [6, 6.07) is 1.89. The van der Waals surface area contributed by atoms with E-state index in [2.05, 4.69) is 10.3 Å². The highest BCUT2D eigenvalue weighted by atomic mass is 19.4. The first-order valence-corrected chi connectivity index (χ1v) is 7.64. The van der Waals surface area contributed by atoms with E-state index in [4.69, 9.17) is 0 Å². The number of hydrogen-bond donors (Lipinski definition) is 1. The number of aryl methyl sites for hydroxylation is 1. The second-order valence-electron chi connectivity index (χ2n) is 5.93. The molecule has 0 amide bonds. The van der Waals surface area contributed by atoms with Crippen molar-refractivity contribution in [1.29, 1.82) is 0 Å². The average molecular weight is 300 g/mol. The number of halogens is 3. The van der Waals surface area contributed by atoms with Crippen molar-refractivity contribution in [2.75, 3.05) is 6.54 Å². The first kappa shape index (κ1) is 16.3. The van der Waals surface area contributed by atoms with Gasteiger partial charge in [0.25, 0.3) is 0 Å². The third kappa shape index (κ3) is 3.96. The summed E-state index contributed by atoms with van der Waals surface area (Å²) in [6.07, 6.45) is 1.43. The third-order valence-corrected chi connectivity index (χ3v) is 4.49. The normalized spacial score (nSPS) is 24.8. The lowest BCUT2D eigenvalue weighted by atomic mass is 9.75. The van der Waals surface area contributed by atoms with Crippen LogP contribution in [0.2, 0.25) is 0 Å². The highest BCUT2D eigenvalue weighted by molar-refractivity contribution is 5.26. The van der Waals surface area contributed by atoms with Gasteiger partial charge in [-0.25, -0.2) is 0 Å². The molecule has 0 spiro atoms. The molecule has 0 bridgehead atoms. The maximum absolute atomic E-state index is 13.0. The number of rotatable bonds is 4. The topological polar surface area (TPSA) is 24.9 Å². The Hall–Kier alpha value is -1.10. The van der Waals surface area contributed by atoms with Crippen LogP contribution in [0.25, 0.3) is 0 Å². The standard InChI is InChI=1S/C16H23F3N2/c1-3-21-15(14-10-20-8-7-11(14)2)12-5-4-6-13(9-12)16(17,18)19/h7-8,10,12-13,15,21H,3-6,9H2,1-2H3. The lowest BCUT2D eigenvalue weighted by Gasteiger charge is -2.36. The van der Waals surface area contributed by atoms with E-state index >= 15 is 0 Å². The van der Waals surface area contributed by atoms with E-state index in [9.17, 15) is 13.2 Å². The lowest BCUT2D eigenvalue weighted by molar-refractivity contribution is -0.186. The van der Waals surface area contributed by atoms with Gasteiger partial charge < -0.3 is 5.32 Å². The minimum atomic E-state index is -4.07. The molecule has 0 saturated heterocycles. The van der Waals surface area contributed by atoms with Gasteiger partial charge in [0.05, 0.1) is 5.92 Å². The molecule has 2 rings (SSSR count). The SMILES string of the molecule is CCNC(c1cnccc1C)C1CCCC(C(F)(F)F)C1. The van der Waals surface area contributed by atoms with Crippen LogP contribution in [0.5, 0.6) is 0 Å². The Morgan fingerprint density at radius 1 is 1.38 bits per heavy atom. The van der Waals surface area contributed by atoms with E-state index in [0.29, 0.717) is 6.42 Å². The van der Waals surface area contributed by atoms with Crippen molar-refractivity contribution >= 4 is 0 Å². The van der Waals surface area contributed by atoms with E-state index in [-0.39, 0.29) is 24.8 Å². The molecule has 0 radical (unpaired) electrons. The maximum atomic E-state index is 13.0. The summed E-state index contributed by atoms with van der Waals surface area (Å²) in [4.78, 5) is 4.15. The summed E-state index contributed by atoms with van der Waals surface area (Å²) >= 11 is 0. The van der Waals surface area contributed by atoms with Crippen molar-refractivity contribution in [3.63, 3.8) is 0 Å². The molecule has 1 aliphatic rings. The third-order valence-electron chi connectivity index (χ3n) is 4.49. The highest BCUT2D eigenvalue weighted by Gasteiger charge is 2.43.